The highest BCUT2D eigenvalue weighted by molar-refractivity contribution is 14.1. The van der Waals surface area contributed by atoms with Crippen molar-refractivity contribution in [3.63, 3.8) is 0 Å². The van der Waals surface area contributed by atoms with Gasteiger partial charge in [-0.3, -0.25) is 4.68 Å². The Balaban J connectivity index is 1.74. The van der Waals surface area contributed by atoms with Crippen molar-refractivity contribution in [3.05, 3.63) is 15.5 Å². The molecule has 1 saturated carbocycles. The van der Waals surface area contributed by atoms with Crippen LogP contribution in [0.25, 0.3) is 0 Å². The first-order valence-electron chi connectivity index (χ1n) is 5.15. The lowest BCUT2D eigenvalue weighted by Gasteiger charge is -2.42. The summed E-state index contributed by atoms with van der Waals surface area (Å²) in [6.07, 6.45) is 3.93. The van der Waals surface area contributed by atoms with Crippen molar-refractivity contribution >= 4 is 22.6 Å². The zero-order chi connectivity index (χ0) is 10.5. The molecule has 0 aromatic carbocycles. The van der Waals surface area contributed by atoms with Gasteiger partial charge in [-0.2, -0.15) is 5.10 Å². The number of rotatable bonds is 1. The molecule has 15 heavy (non-hydrogen) atoms. The van der Waals surface area contributed by atoms with Crippen molar-refractivity contribution in [1.29, 1.82) is 0 Å². The van der Waals surface area contributed by atoms with Gasteiger partial charge in [0.2, 0.25) is 0 Å². The van der Waals surface area contributed by atoms with Gasteiger partial charge in [-0.25, -0.2) is 0 Å². The predicted octanol–water partition coefficient (Wildman–Crippen LogP) is 1.65. The molecular formula is C10H13IN2O2. The molecule has 2 fully saturated rings. The second kappa shape index (κ2) is 3.43. The van der Waals surface area contributed by atoms with Crippen LogP contribution in [-0.2, 0) is 16.5 Å². The summed E-state index contributed by atoms with van der Waals surface area (Å²) in [7, 11) is 1.97. The first-order chi connectivity index (χ1) is 7.20. The molecule has 1 saturated heterocycles. The molecule has 0 atom stereocenters. The highest BCUT2D eigenvalue weighted by atomic mass is 127. The summed E-state index contributed by atoms with van der Waals surface area (Å²) in [5.41, 5.74) is 1.34. The number of nitrogens with zero attached hydrogens (tertiary/aromatic N) is 2. The van der Waals surface area contributed by atoms with E-state index in [1.165, 1.54) is 9.26 Å². The molecule has 0 N–H and O–H groups in total. The van der Waals surface area contributed by atoms with Crippen molar-refractivity contribution in [1.82, 2.24) is 9.78 Å². The summed E-state index contributed by atoms with van der Waals surface area (Å²) in [5, 5.41) is 4.26. The van der Waals surface area contributed by atoms with Gasteiger partial charge in [0.1, 0.15) is 3.70 Å². The number of aryl methyl sites for hydroxylation is 1. The molecule has 2 heterocycles. The van der Waals surface area contributed by atoms with Gasteiger partial charge in [-0.1, -0.05) is 0 Å². The van der Waals surface area contributed by atoms with Gasteiger partial charge in [0, 0.05) is 25.5 Å². The molecule has 5 heteroatoms. The van der Waals surface area contributed by atoms with Crippen LogP contribution >= 0.6 is 22.6 Å². The van der Waals surface area contributed by atoms with Crippen LogP contribution in [0.5, 0.6) is 0 Å². The zero-order valence-electron chi connectivity index (χ0n) is 8.57. The quantitative estimate of drug-likeness (QED) is 0.738. The Kier molecular flexibility index (Phi) is 2.29. The van der Waals surface area contributed by atoms with Crippen LogP contribution in [0.1, 0.15) is 24.3 Å². The summed E-state index contributed by atoms with van der Waals surface area (Å²) < 4.78 is 14.4. The van der Waals surface area contributed by atoms with E-state index in [2.05, 4.69) is 27.7 Å². The third kappa shape index (κ3) is 1.52. The minimum atomic E-state index is -0.246. The second-order valence-corrected chi connectivity index (χ2v) is 5.25. The molecule has 4 nitrogen and oxygen atoms in total. The minimum Gasteiger partial charge on any atom is -0.347 e. The number of hydrogen-bond donors (Lipinski definition) is 0. The van der Waals surface area contributed by atoms with Gasteiger partial charge >= 0.3 is 0 Å². The van der Waals surface area contributed by atoms with Gasteiger partial charge in [0.05, 0.1) is 19.4 Å². The highest BCUT2D eigenvalue weighted by Gasteiger charge is 2.50. The number of ether oxygens (including phenoxy) is 2. The van der Waals surface area contributed by atoms with Gasteiger partial charge in [0.25, 0.3) is 0 Å². The van der Waals surface area contributed by atoms with Crippen LogP contribution in [0.3, 0.4) is 0 Å². The average molecular weight is 320 g/mol. The maximum absolute atomic E-state index is 5.62. The molecule has 1 aliphatic heterocycles. The monoisotopic (exact) mass is 320 g/mol. The lowest BCUT2D eigenvalue weighted by Crippen LogP contribution is -2.43. The van der Waals surface area contributed by atoms with Crippen LogP contribution in [0.2, 0.25) is 0 Å². The normalized spacial score (nSPS) is 24.7. The van der Waals surface area contributed by atoms with Crippen LogP contribution in [0.4, 0.5) is 0 Å². The topological polar surface area (TPSA) is 36.3 Å². The Hall–Kier alpha value is -0.140. The molecule has 82 valence electrons. The van der Waals surface area contributed by atoms with Crippen molar-refractivity contribution in [3.8, 4) is 0 Å². The fourth-order valence-corrected chi connectivity index (χ4v) is 3.06. The maximum atomic E-state index is 5.62. The standard InChI is InChI=1S/C10H13IN2O2/c1-13-9(11)8(6-12-13)7-4-10(5-7)14-2-3-15-10/h6-7H,2-5H2,1H3. The first kappa shape index (κ1) is 10.0. The lowest BCUT2D eigenvalue weighted by molar-refractivity contribution is -0.215. The Bertz CT molecular complexity index is 377. The molecule has 2 aliphatic rings. The fourth-order valence-electron chi connectivity index (χ4n) is 2.36. The predicted molar refractivity (Wildman–Crippen MR) is 62.5 cm³/mol. The van der Waals surface area contributed by atoms with E-state index in [9.17, 15) is 0 Å². The van der Waals surface area contributed by atoms with Crippen molar-refractivity contribution in [2.45, 2.75) is 24.5 Å². The molecule has 1 aliphatic carbocycles. The third-order valence-corrected chi connectivity index (χ3v) is 4.58. The summed E-state index contributed by atoms with van der Waals surface area (Å²) in [6.45, 7) is 1.49. The van der Waals surface area contributed by atoms with Crippen molar-refractivity contribution < 1.29 is 9.47 Å². The van der Waals surface area contributed by atoms with Crippen LogP contribution in [0.15, 0.2) is 6.20 Å². The van der Waals surface area contributed by atoms with Gasteiger partial charge < -0.3 is 9.47 Å². The molecule has 1 aromatic rings. The van der Waals surface area contributed by atoms with E-state index in [-0.39, 0.29) is 5.79 Å². The molecular weight excluding hydrogens is 307 g/mol. The highest BCUT2D eigenvalue weighted by Crippen LogP contribution is 2.50. The van der Waals surface area contributed by atoms with E-state index in [4.69, 9.17) is 9.47 Å². The average Bonchev–Trinajstić information content (AvgIpc) is 2.74. The second-order valence-electron chi connectivity index (χ2n) is 4.23. The van der Waals surface area contributed by atoms with E-state index in [1.807, 2.05) is 17.9 Å². The molecule has 0 unspecified atom stereocenters. The number of hydrogen-bond acceptors (Lipinski definition) is 3. The van der Waals surface area contributed by atoms with E-state index >= 15 is 0 Å². The Morgan fingerprint density at radius 3 is 2.67 bits per heavy atom. The maximum Gasteiger partial charge on any atom is 0.169 e. The van der Waals surface area contributed by atoms with Crippen LogP contribution in [0, 0.1) is 3.70 Å². The molecule has 3 rings (SSSR count). The van der Waals surface area contributed by atoms with E-state index in [1.54, 1.807) is 0 Å². The minimum absolute atomic E-state index is 0.246. The summed E-state index contributed by atoms with van der Waals surface area (Å²) in [5.74, 6) is 0.313. The summed E-state index contributed by atoms with van der Waals surface area (Å²) >= 11 is 2.34. The molecule has 0 bridgehead atoms. The zero-order valence-corrected chi connectivity index (χ0v) is 10.7. The Labute approximate surface area is 102 Å². The van der Waals surface area contributed by atoms with Crippen molar-refractivity contribution in [2.75, 3.05) is 13.2 Å². The third-order valence-electron chi connectivity index (χ3n) is 3.26. The van der Waals surface area contributed by atoms with Gasteiger partial charge in [0.15, 0.2) is 5.79 Å². The number of aromatic nitrogens is 2. The Morgan fingerprint density at radius 2 is 2.13 bits per heavy atom. The summed E-state index contributed by atoms with van der Waals surface area (Å²) in [4.78, 5) is 0. The molecule has 0 radical (unpaired) electrons. The fraction of sp³-hybridized carbons (Fsp3) is 0.700. The molecule has 0 amide bonds. The lowest BCUT2D eigenvalue weighted by atomic mass is 9.75. The van der Waals surface area contributed by atoms with E-state index in [0.29, 0.717) is 5.92 Å². The van der Waals surface area contributed by atoms with Gasteiger partial charge in [-0.15, -0.1) is 0 Å². The molecule has 1 spiro atoms. The van der Waals surface area contributed by atoms with Crippen LogP contribution < -0.4 is 0 Å². The van der Waals surface area contributed by atoms with E-state index < -0.39 is 0 Å². The van der Waals surface area contributed by atoms with Crippen molar-refractivity contribution in [2.24, 2.45) is 7.05 Å². The van der Waals surface area contributed by atoms with Crippen LogP contribution in [-0.4, -0.2) is 28.8 Å². The SMILES string of the molecule is Cn1ncc(C2CC3(C2)OCCO3)c1I. The first-order valence-corrected chi connectivity index (χ1v) is 6.23. The Morgan fingerprint density at radius 1 is 1.47 bits per heavy atom. The summed E-state index contributed by atoms with van der Waals surface area (Å²) in [6, 6.07) is 0. The van der Waals surface area contributed by atoms with E-state index in [0.717, 1.165) is 26.1 Å². The number of halogens is 1. The van der Waals surface area contributed by atoms with Gasteiger partial charge in [-0.05, 0) is 28.5 Å². The molecule has 1 aromatic heterocycles. The smallest absolute Gasteiger partial charge is 0.169 e. The largest absolute Gasteiger partial charge is 0.347 e.